The summed E-state index contributed by atoms with van der Waals surface area (Å²) in [6.45, 7) is 7.59. The quantitative estimate of drug-likeness (QED) is 0.272. The Labute approximate surface area is 272 Å². The molecule has 4 aliphatic rings. The lowest BCUT2D eigenvalue weighted by atomic mass is 9.92. The largest absolute Gasteiger partial charge is 0.463 e. The average Bonchev–Trinajstić information content (AvgIpc) is 3.35. The molecule has 0 radical (unpaired) electrons. The zero-order valence-corrected chi connectivity index (χ0v) is 27.2. The molecule has 6 rings (SSSR count). The van der Waals surface area contributed by atoms with Crippen LogP contribution in [0.3, 0.4) is 0 Å². The van der Waals surface area contributed by atoms with Crippen molar-refractivity contribution in [2.45, 2.75) is 95.7 Å². The van der Waals surface area contributed by atoms with Gasteiger partial charge in [-0.25, -0.2) is 4.39 Å². The number of likely N-dealkylation sites (tertiary alicyclic amines) is 1. The summed E-state index contributed by atoms with van der Waals surface area (Å²) in [4.78, 5) is 35.6. The Bertz CT molecular complexity index is 1460. The third-order valence-corrected chi connectivity index (χ3v) is 10.3. The number of hydrogen-bond acceptors (Lipinski definition) is 9. The van der Waals surface area contributed by atoms with Crippen molar-refractivity contribution in [2.24, 2.45) is 0 Å². The van der Waals surface area contributed by atoms with Gasteiger partial charge in [0.15, 0.2) is 5.83 Å². The lowest BCUT2D eigenvalue weighted by Gasteiger charge is -2.41. The van der Waals surface area contributed by atoms with E-state index < -0.39 is 17.8 Å². The van der Waals surface area contributed by atoms with Crippen molar-refractivity contribution in [1.82, 2.24) is 24.8 Å². The average molecular weight is 631 g/mol. The highest BCUT2D eigenvalue weighted by Crippen LogP contribution is 2.35. The van der Waals surface area contributed by atoms with Crippen LogP contribution in [0.25, 0.3) is 0 Å². The van der Waals surface area contributed by atoms with Gasteiger partial charge >= 0.3 is 6.01 Å². The molecule has 0 N–H and O–H groups in total. The first-order valence-electron chi connectivity index (χ1n) is 17.1. The van der Waals surface area contributed by atoms with Gasteiger partial charge in [0.05, 0.1) is 49.3 Å². The number of piperazine rings is 1. The topological polar surface area (TPSA) is 102 Å². The lowest BCUT2D eigenvalue weighted by molar-refractivity contribution is -0.131. The van der Waals surface area contributed by atoms with E-state index in [1.807, 2.05) is 12.4 Å². The van der Waals surface area contributed by atoms with Gasteiger partial charge in [0.1, 0.15) is 5.82 Å². The van der Waals surface area contributed by atoms with Crippen molar-refractivity contribution in [3.05, 3.63) is 47.2 Å². The van der Waals surface area contributed by atoms with Crippen LogP contribution in [0, 0.1) is 11.3 Å². The molecule has 2 fully saturated rings. The zero-order chi connectivity index (χ0) is 32.0. The Balaban J connectivity index is 1.25. The monoisotopic (exact) mass is 630 g/mol. The molecule has 5 heterocycles. The van der Waals surface area contributed by atoms with Crippen LogP contribution in [-0.2, 0) is 30.6 Å². The molecule has 2 aromatic heterocycles. The smallest absolute Gasteiger partial charge is 0.318 e. The van der Waals surface area contributed by atoms with Gasteiger partial charge in [-0.15, -0.1) is 0 Å². The van der Waals surface area contributed by atoms with Crippen LogP contribution in [0.15, 0.2) is 24.8 Å². The highest BCUT2D eigenvalue weighted by Gasteiger charge is 2.34. The molecule has 0 bridgehead atoms. The van der Waals surface area contributed by atoms with Crippen molar-refractivity contribution in [3.63, 3.8) is 0 Å². The molecule has 3 aliphatic heterocycles. The number of carbonyl (C=O) groups is 1. The van der Waals surface area contributed by atoms with Crippen molar-refractivity contribution < 1.29 is 13.9 Å². The maximum Gasteiger partial charge on any atom is 0.318 e. The van der Waals surface area contributed by atoms with Crippen molar-refractivity contribution >= 4 is 17.4 Å². The number of ether oxygens (including phenoxy) is 1. The van der Waals surface area contributed by atoms with Crippen LogP contribution >= 0.6 is 0 Å². The predicted molar refractivity (Wildman–Crippen MR) is 175 cm³/mol. The fraction of sp³-hybridized carbons (Fsp3) is 0.629. The minimum absolute atomic E-state index is 0.0994. The number of pyridine rings is 1. The van der Waals surface area contributed by atoms with Gasteiger partial charge in [-0.05, 0) is 95.3 Å². The molecular formula is C35H47FN8O2. The fourth-order valence-corrected chi connectivity index (χ4v) is 7.77. The number of unbranched alkanes of at least 4 members (excludes halogenated alkanes) is 1. The van der Waals surface area contributed by atoms with E-state index in [0.717, 1.165) is 62.1 Å². The molecule has 0 unspecified atom stereocenters. The molecular weight excluding hydrogens is 583 g/mol. The zero-order valence-electron chi connectivity index (χ0n) is 27.2. The fourth-order valence-electron chi connectivity index (χ4n) is 7.77. The Morgan fingerprint density at radius 3 is 2.67 bits per heavy atom. The van der Waals surface area contributed by atoms with Crippen LogP contribution in [0.1, 0.15) is 80.2 Å². The third-order valence-electron chi connectivity index (χ3n) is 10.3. The van der Waals surface area contributed by atoms with E-state index in [1.165, 1.54) is 60.4 Å². The second kappa shape index (κ2) is 14.8. The van der Waals surface area contributed by atoms with Crippen molar-refractivity contribution in [2.75, 3.05) is 56.2 Å². The number of halogens is 1. The first kappa shape index (κ1) is 32.2. The Morgan fingerprint density at radius 1 is 1.02 bits per heavy atom. The lowest BCUT2D eigenvalue weighted by Crippen LogP contribution is -2.55. The molecule has 46 heavy (non-hydrogen) atoms. The van der Waals surface area contributed by atoms with E-state index in [0.29, 0.717) is 38.3 Å². The van der Waals surface area contributed by atoms with Crippen LogP contribution in [0.5, 0.6) is 6.01 Å². The number of nitriles is 1. The van der Waals surface area contributed by atoms with Crippen LogP contribution in [-0.4, -0.2) is 89.1 Å². The molecule has 0 spiro atoms. The number of aryl methyl sites for hydroxylation is 1. The second-order valence-electron chi connectivity index (χ2n) is 13.3. The van der Waals surface area contributed by atoms with Gasteiger partial charge in [0, 0.05) is 44.0 Å². The van der Waals surface area contributed by atoms with Gasteiger partial charge in [0.2, 0.25) is 0 Å². The van der Waals surface area contributed by atoms with E-state index in [-0.39, 0.29) is 13.0 Å². The summed E-state index contributed by atoms with van der Waals surface area (Å²) in [7, 11) is 2.22. The molecule has 10 nitrogen and oxygen atoms in total. The number of fused-ring (bicyclic) bond motifs is 2. The maximum atomic E-state index is 13.9. The van der Waals surface area contributed by atoms with E-state index in [9.17, 15) is 14.4 Å². The summed E-state index contributed by atoms with van der Waals surface area (Å²) in [5.41, 5.74) is 6.01. The highest BCUT2D eigenvalue weighted by molar-refractivity contribution is 5.91. The van der Waals surface area contributed by atoms with E-state index >= 15 is 0 Å². The minimum Gasteiger partial charge on any atom is -0.463 e. The van der Waals surface area contributed by atoms with Crippen LogP contribution in [0.4, 0.5) is 15.9 Å². The Hall–Kier alpha value is -3.78. The summed E-state index contributed by atoms with van der Waals surface area (Å²) >= 11 is 0. The molecule has 246 valence electrons. The number of amides is 1. The Morgan fingerprint density at radius 2 is 1.87 bits per heavy atom. The standard InChI is InChI=1S/C35H47FN8O2/c1-25(36)34(45)44-19-18-43(23-28(44)14-15-37)33-30-13-8-17-42(32-22-38-21-26-9-3-4-12-29(26)32)24-31(30)39-35(40-33)46-20-6-5-10-27-11-7-16-41(27)2/h21-22,27-28H,1,3-14,16-20,23-24H2,2H3/t27-,28+/m1/s1. The van der Waals surface area contributed by atoms with Gasteiger partial charge in [-0.2, -0.15) is 15.2 Å². The molecule has 2 aromatic rings. The summed E-state index contributed by atoms with van der Waals surface area (Å²) in [5, 5.41) is 9.55. The van der Waals surface area contributed by atoms with Gasteiger partial charge in [-0.3, -0.25) is 9.78 Å². The summed E-state index contributed by atoms with van der Waals surface area (Å²) in [5.74, 6) is -0.943. The highest BCUT2D eigenvalue weighted by atomic mass is 19.1. The number of aromatic nitrogens is 3. The molecule has 11 heteroatoms. The van der Waals surface area contributed by atoms with Gasteiger partial charge in [0.25, 0.3) is 5.91 Å². The molecule has 0 aromatic carbocycles. The third kappa shape index (κ3) is 7.12. The molecule has 1 amide bonds. The first-order chi connectivity index (χ1) is 22.4. The normalized spacial score (nSPS) is 21.7. The second-order valence-corrected chi connectivity index (χ2v) is 13.3. The van der Waals surface area contributed by atoms with Crippen molar-refractivity contribution in [1.29, 1.82) is 5.26 Å². The number of rotatable bonds is 10. The summed E-state index contributed by atoms with van der Waals surface area (Å²) < 4.78 is 20.1. The molecule has 1 aliphatic carbocycles. The summed E-state index contributed by atoms with van der Waals surface area (Å²) in [6, 6.07) is 2.75. The number of hydrogen-bond donors (Lipinski definition) is 0. The van der Waals surface area contributed by atoms with Gasteiger partial charge in [-0.1, -0.05) is 6.58 Å². The predicted octanol–water partition coefficient (Wildman–Crippen LogP) is 4.76. The molecule has 2 saturated heterocycles. The van der Waals surface area contributed by atoms with Crippen LogP contribution < -0.4 is 14.5 Å². The van der Waals surface area contributed by atoms with E-state index in [2.05, 4.69) is 39.4 Å². The minimum atomic E-state index is -1.000. The van der Waals surface area contributed by atoms with Crippen molar-refractivity contribution in [3.8, 4) is 12.1 Å². The van der Waals surface area contributed by atoms with Gasteiger partial charge < -0.3 is 24.3 Å². The molecule has 2 atom stereocenters. The first-order valence-corrected chi connectivity index (χ1v) is 17.1. The van der Waals surface area contributed by atoms with Crippen LogP contribution in [0.2, 0.25) is 0 Å². The number of nitrogens with zero attached hydrogens (tertiary/aromatic N) is 8. The summed E-state index contributed by atoms with van der Waals surface area (Å²) in [6.07, 6.45) is 16.2. The Kier molecular flexibility index (Phi) is 10.3. The SMILES string of the molecule is C=C(F)C(=O)N1CCN(c2nc(OCCCC[C@@H]3CCCN3C)nc3c2CCCN(c2cncc4c2CCCC4)C3)C[C@@H]1CC#N. The maximum absolute atomic E-state index is 13.9. The molecule has 0 saturated carbocycles. The number of carbonyl (C=O) groups excluding carboxylic acids is 1. The van der Waals surface area contributed by atoms with E-state index in [1.54, 1.807) is 0 Å². The number of anilines is 2. The van der Waals surface area contributed by atoms with E-state index in [4.69, 9.17) is 14.7 Å².